The lowest BCUT2D eigenvalue weighted by atomic mass is 10.2. The van der Waals surface area contributed by atoms with Gasteiger partial charge in [-0.15, -0.1) is 11.3 Å². The van der Waals surface area contributed by atoms with Gasteiger partial charge in [-0.1, -0.05) is 11.6 Å². The largest absolute Gasteiger partial charge is 0.459 e. The van der Waals surface area contributed by atoms with E-state index in [4.69, 9.17) is 4.42 Å². The molecule has 0 fully saturated rings. The van der Waals surface area contributed by atoms with Crippen molar-refractivity contribution >= 4 is 22.2 Å². The van der Waals surface area contributed by atoms with Gasteiger partial charge in [0, 0.05) is 5.38 Å². The first kappa shape index (κ1) is 14.8. The van der Waals surface area contributed by atoms with Gasteiger partial charge in [0.1, 0.15) is 5.76 Å². The van der Waals surface area contributed by atoms with Crippen LogP contribution in [0.25, 0.3) is 21.7 Å². The summed E-state index contributed by atoms with van der Waals surface area (Å²) in [7, 11) is 0. The molecule has 0 aliphatic rings. The predicted octanol–water partition coefficient (Wildman–Crippen LogP) is 3.78. The van der Waals surface area contributed by atoms with Crippen LogP contribution in [-0.4, -0.2) is 14.5 Å². The second-order valence-corrected chi connectivity index (χ2v) is 6.61. The van der Waals surface area contributed by atoms with Crippen molar-refractivity contribution in [2.24, 2.45) is 0 Å². The Kier molecular flexibility index (Phi) is 3.54. The number of hydrogen-bond acceptors (Lipinski definition) is 5. The summed E-state index contributed by atoms with van der Waals surface area (Å²) in [5.74, 6) is 1.61. The second-order valence-electron chi connectivity index (χ2n) is 5.75. The molecule has 0 bridgehead atoms. The normalized spacial score (nSPS) is 11.2. The molecule has 0 radical (unpaired) electrons. The topological polar surface area (TPSA) is 60.9 Å². The highest BCUT2D eigenvalue weighted by molar-refractivity contribution is 7.13. The zero-order chi connectivity index (χ0) is 16.7. The van der Waals surface area contributed by atoms with Crippen LogP contribution in [0, 0.1) is 13.8 Å². The third-order valence-corrected chi connectivity index (χ3v) is 4.72. The van der Waals surface area contributed by atoms with Crippen molar-refractivity contribution in [3.63, 3.8) is 0 Å². The number of thiazole rings is 1. The molecule has 0 amide bonds. The molecule has 0 aliphatic carbocycles. The minimum atomic E-state index is -0.0490. The fourth-order valence-corrected chi connectivity index (χ4v) is 3.37. The van der Waals surface area contributed by atoms with E-state index in [1.807, 2.05) is 49.6 Å². The summed E-state index contributed by atoms with van der Waals surface area (Å²) in [5.41, 5.74) is 2.53. The standard InChI is InChI=1S/C18H15N3O2S/c1-11-3-5-15-14(7-11)18(22)21(10-19-15)8-13-9-24-17(20-13)16-6-4-12(2)23-16/h3-7,9-10H,8H2,1-2H3. The van der Waals surface area contributed by atoms with Crippen molar-refractivity contribution in [2.75, 3.05) is 0 Å². The van der Waals surface area contributed by atoms with Gasteiger partial charge in [0.2, 0.25) is 0 Å². The molecule has 0 atom stereocenters. The molecule has 5 nitrogen and oxygen atoms in total. The van der Waals surface area contributed by atoms with E-state index >= 15 is 0 Å². The van der Waals surface area contributed by atoms with Crippen LogP contribution >= 0.6 is 11.3 Å². The molecule has 4 rings (SSSR count). The quantitative estimate of drug-likeness (QED) is 0.571. The number of fused-ring (bicyclic) bond motifs is 1. The Bertz CT molecular complexity index is 1090. The number of nitrogens with zero attached hydrogens (tertiary/aromatic N) is 3. The molecule has 0 saturated carbocycles. The first-order valence-electron chi connectivity index (χ1n) is 7.57. The Morgan fingerprint density at radius 3 is 2.88 bits per heavy atom. The molecule has 0 aliphatic heterocycles. The molecule has 0 saturated heterocycles. The van der Waals surface area contributed by atoms with Crippen molar-refractivity contribution in [1.82, 2.24) is 14.5 Å². The van der Waals surface area contributed by atoms with Crippen LogP contribution in [0.3, 0.4) is 0 Å². The molecule has 6 heteroatoms. The highest BCUT2D eigenvalue weighted by atomic mass is 32.1. The lowest BCUT2D eigenvalue weighted by Crippen LogP contribution is -2.21. The number of furan rings is 1. The van der Waals surface area contributed by atoms with Crippen LogP contribution in [0.1, 0.15) is 17.0 Å². The summed E-state index contributed by atoms with van der Waals surface area (Å²) in [6, 6.07) is 9.52. The van der Waals surface area contributed by atoms with E-state index in [9.17, 15) is 4.79 Å². The third-order valence-electron chi connectivity index (χ3n) is 3.81. The van der Waals surface area contributed by atoms with Gasteiger partial charge in [-0.3, -0.25) is 9.36 Å². The highest BCUT2D eigenvalue weighted by Crippen LogP contribution is 2.25. The Labute approximate surface area is 142 Å². The Morgan fingerprint density at radius 2 is 2.08 bits per heavy atom. The van der Waals surface area contributed by atoms with E-state index in [2.05, 4.69) is 9.97 Å². The molecular weight excluding hydrogens is 322 g/mol. The summed E-state index contributed by atoms with van der Waals surface area (Å²) in [6.45, 7) is 4.26. The average molecular weight is 337 g/mol. The van der Waals surface area contributed by atoms with Gasteiger partial charge in [-0.25, -0.2) is 9.97 Å². The molecular formula is C18H15N3O2S. The lowest BCUT2D eigenvalue weighted by Gasteiger charge is -2.05. The molecule has 24 heavy (non-hydrogen) atoms. The van der Waals surface area contributed by atoms with Crippen molar-refractivity contribution in [1.29, 1.82) is 0 Å². The van der Waals surface area contributed by atoms with Gasteiger partial charge in [0.25, 0.3) is 5.56 Å². The van der Waals surface area contributed by atoms with E-state index in [1.165, 1.54) is 11.3 Å². The Balaban J connectivity index is 1.68. The summed E-state index contributed by atoms with van der Waals surface area (Å²) in [5, 5.41) is 3.39. The number of aryl methyl sites for hydroxylation is 2. The predicted molar refractivity (Wildman–Crippen MR) is 94.4 cm³/mol. The highest BCUT2D eigenvalue weighted by Gasteiger charge is 2.10. The van der Waals surface area contributed by atoms with Crippen LogP contribution in [0.15, 0.2) is 51.3 Å². The van der Waals surface area contributed by atoms with E-state index in [0.29, 0.717) is 17.4 Å². The molecule has 0 unspecified atom stereocenters. The van der Waals surface area contributed by atoms with Crippen molar-refractivity contribution in [2.45, 2.75) is 20.4 Å². The number of rotatable bonds is 3. The Morgan fingerprint density at radius 1 is 1.21 bits per heavy atom. The third kappa shape index (κ3) is 2.65. The molecule has 120 valence electrons. The van der Waals surface area contributed by atoms with Crippen molar-refractivity contribution < 1.29 is 4.42 Å². The van der Waals surface area contributed by atoms with Gasteiger partial charge in [-0.2, -0.15) is 0 Å². The van der Waals surface area contributed by atoms with E-state index in [0.717, 1.165) is 27.8 Å². The van der Waals surface area contributed by atoms with Crippen LogP contribution in [0.2, 0.25) is 0 Å². The van der Waals surface area contributed by atoms with Gasteiger partial charge in [-0.05, 0) is 38.1 Å². The maximum absolute atomic E-state index is 12.6. The molecule has 0 N–H and O–H groups in total. The minimum absolute atomic E-state index is 0.0490. The molecule has 0 spiro atoms. The van der Waals surface area contributed by atoms with Gasteiger partial charge in [0.05, 0.1) is 29.5 Å². The van der Waals surface area contributed by atoms with Crippen LogP contribution in [-0.2, 0) is 6.54 Å². The summed E-state index contributed by atoms with van der Waals surface area (Å²) in [4.78, 5) is 21.6. The fraction of sp³-hybridized carbons (Fsp3) is 0.167. The zero-order valence-corrected chi connectivity index (χ0v) is 14.1. The van der Waals surface area contributed by atoms with E-state index in [1.54, 1.807) is 10.9 Å². The summed E-state index contributed by atoms with van der Waals surface area (Å²) < 4.78 is 7.19. The monoisotopic (exact) mass is 337 g/mol. The summed E-state index contributed by atoms with van der Waals surface area (Å²) >= 11 is 1.51. The minimum Gasteiger partial charge on any atom is -0.459 e. The number of aromatic nitrogens is 3. The van der Waals surface area contributed by atoms with E-state index in [-0.39, 0.29) is 5.56 Å². The average Bonchev–Trinajstić information content (AvgIpc) is 3.19. The summed E-state index contributed by atoms with van der Waals surface area (Å²) in [6.07, 6.45) is 1.58. The molecule has 3 aromatic heterocycles. The number of benzene rings is 1. The molecule has 1 aromatic carbocycles. The second kappa shape index (κ2) is 5.72. The first-order valence-corrected chi connectivity index (χ1v) is 8.45. The maximum atomic E-state index is 12.6. The van der Waals surface area contributed by atoms with Crippen LogP contribution in [0.4, 0.5) is 0 Å². The van der Waals surface area contributed by atoms with Gasteiger partial charge >= 0.3 is 0 Å². The smallest absolute Gasteiger partial charge is 0.261 e. The molecule has 3 heterocycles. The van der Waals surface area contributed by atoms with Crippen LogP contribution in [0.5, 0.6) is 0 Å². The molecule has 4 aromatic rings. The lowest BCUT2D eigenvalue weighted by molar-refractivity contribution is 0.547. The first-order chi connectivity index (χ1) is 11.6. The van der Waals surface area contributed by atoms with Gasteiger partial charge in [0.15, 0.2) is 10.8 Å². The van der Waals surface area contributed by atoms with Crippen molar-refractivity contribution in [3.8, 4) is 10.8 Å². The Hall–Kier alpha value is -2.73. The number of hydrogen-bond donors (Lipinski definition) is 0. The van der Waals surface area contributed by atoms with Crippen molar-refractivity contribution in [3.05, 3.63) is 69.4 Å². The fourth-order valence-electron chi connectivity index (χ4n) is 2.60. The zero-order valence-electron chi connectivity index (χ0n) is 13.3. The van der Waals surface area contributed by atoms with Crippen LogP contribution < -0.4 is 5.56 Å². The maximum Gasteiger partial charge on any atom is 0.261 e. The van der Waals surface area contributed by atoms with E-state index < -0.39 is 0 Å². The van der Waals surface area contributed by atoms with Gasteiger partial charge < -0.3 is 4.42 Å². The SMILES string of the molecule is Cc1ccc2ncn(Cc3csc(-c4ccc(C)o4)n3)c(=O)c2c1.